The van der Waals surface area contributed by atoms with E-state index in [-0.39, 0.29) is 5.54 Å². The van der Waals surface area contributed by atoms with Crippen molar-refractivity contribution in [2.24, 2.45) is 4.99 Å². The Bertz CT molecular complexity index is 604. The number of anilines is 1. The minimum Gasteiger partial charge on any atom is -0.335 e. The summed E-state index contributed by atoms with van der Waals surface area (Å²) in [6, 6.07) is 4.08. The van der Waals surface area contributed by atoms with Crippen LogP contribution in [0, 0.1) is 26.2 Å². The molecule has 2 aliphatic rings. The largest absolute Gasteiger partial charge is 0.335 e. The highest BCUT2D eigenvalue weighted by Gasteiger charge is 2.38. The zero-order valence-electron chi connectivity index (χ0n) is 12.1. The fourth-order valence-corrected chi connectivity index (χ4v) is 4.26. The van der Waals surface area contributed by atoms with E-state index in [0.717, 1.165) is 22.2 Å². The first-order valence-electron chi connectivity index (χ1n) is 7.20. The first-order chi connectivity index (χ1) is 9.63. The van der Waals surface area contributed by atoms with E-state index >= 15 is 0 Å². The Morgan fingerprint density at radius 1 is 1.25 bits per heavy atom. The molecule has 1 aliphatic heterocycles. The van der Waals surface area contributed by atoms with E-state index in [2.05, 4.69) is 31.2 Å². The lowest BCUT2D eigenvalue weighted by atomic mass is 10.0. The Morgan fingerprint density at radius 3 is 2.70 bits per heavy atom. The summed E-state index contributed by atoms with van der Waals surface area (Å²) in [6.45, 7) is 4.20. The van der Waals surface area contributed by atoms with Crippen molar-refractivity contribution >= 4 is 22.6 Å². The summed E-state index contributed by atoms with van der Waals surface area (Å²) in [5.41, 5.74) is 4.73. The SMILES string of the molecule is C#Cc1ccc(NC2=NC3(CCCC3)CS2)c(C)c1C. The molecule has 3 rings (SSSR count). The second-order valence-corrected chi connectivity index (χ2v) is 6.78. The van der Waals surface area contributed by atoms with Crippen LogP contribution in [0.4, 0.5) is 5.69 Å². The molecule has 104 valence electrons. The van der Waals surface area contributed by atoms with Gasteiger partial charge in [-0.3, -0.25) is 4.99 Å². The molecular weight excluding hydrogens is 264 g/mol. The highest BCUT2D eigenvalue weighted by molar-refractivity contribution is 8.14. The van der Waals surface area contributed by atoms with Gasteiger partial charge in [0.1, 0.15) is 0 Å². The molecule has 0 aromatic heterocycles. The van der Waals surface area contributed by atoms with E-state index in [4.69, 9.17) is 11.4 Å². The number of amidine groups is 1. The van der Waals surface area contributed by atoms with E-state index in [9.17, 15) is 0 Å². The van der Waals surface area contributed by atoms with E-state index in [1.54, 1.807) is 0 Å². The molecule has 0 bridgehead atoms. The average Bonchev–Trinajstić information content (AvgIpc) is 3.06. The number of terminal acetylenes is 1. The van der Waals surface area contributed by atoms with Crippen molar-refractivity contribution < 1.29 is 0 Å². The average molecular weight is 284 g/mol. The van der Waals surface area contributed by atoms with Gasteiger partial charge in [0.2, 0.25) is 0 Å². The second-order valence-electron chi connectivity index (χ2n) is 5.82. The van der Waals surface area contributed by atoms with Crippen LogP contribution in [-0.2, 0) is 0 Å². The summed E-state index contributed by atoms with van der Waals surface area (Å²) in [5.74, 6) is 3.87. The summed E-state index contributed by atoms with van der Waals surface area (Å²) >= 11 is 1.86. The standard InChI is InChI=1S/C17H20N2S/c1-4-14-7-8-15(13(3)12(14)2)18-16-19-17(11-20-16)9-5-6-10-17/h1,7-8H,5-6,9-11H2,2-3H3,(H,18,19). The fraction of sp³-hybridized carbons (Fsp3) is 0.471. The highest BCUT2D eigenvalue weighted by atomic mass is 32.2. The molecule has 1 aromatic carbocycles. The molecule has 1 fully saturated rings. The molecule has 1 saturated carbocycles. The van der Waals surface area contributed by atoms with Gasteiger partial charge in [0, 0.05) is 17.0 Å². The molecule has 0 atom stereocenters. The predicted octanol–water partition coefficient (Wildman–Crippen LogP) is 4.11. The molecule has 1 aromatic rings. The molecule has 0 unspecified atom stereocenters. The van der Waals surface area contributed by atoms with Crippen LogP contribution in [0.2, 0.25) is 0 Å². The quantitative estimate of drug-likeness (QED) is 0.785. The molecular formula is C17H20N2S. The minimum absolute atomic E-state index is 0.231. The van der Waals surface area contributed by atoms with Crippen LogP contribution in [0.1, 0.15) is 42.4 Å². The summed E-state index contributed by atoms with van der Waals surface area (Å²) in [7, 11) is 0. The Kier molecular flexibility index (Phi) is 3.52. The van der Waals surface area contributed by atoms with Crippen molar-refractivity contribution in [3.05, 3.63) is 28.8 Å². The summed E-state index contributed by atoms with van der Waals surface area (Å²) in [4.78, 5) is 4.96. The topological polar surface area (TPSA) is 24.4 Å². The molecule has 1 spiro atoms. The van der Waals surface area contributed by atoms with Gasteiger partial charge in [0.25, 0.3) is 0 Å². The molecule has 1 N–H and O–H groups in total. The van der Waals surface area contributed by atoms with Crippen molar-refractivity contribution in [1.29, 1.82) is 0 Å². The maximum atomic E-state index is 5.51. The van der Waals surface area contributed by atoms with E-state index in [1.807, 2.05) is 17.8 Å². The van der Waals surface area contributed by atoms with Gasteiger partial charge < -0.3 is 5.32 Å². The zero-order chi connectivity index (χ0) is 14.2. The molecule has 1 aliphatic carbocycles. The number of aliphatic imine (C=N–C) groups is 1. The van der Waals surface area contributed by atoms with Crippen molar-refractivity contribution in [2.45, 2.75) is 45.1 Å². The summed E-state index contributed by atoms with van der Waals surface area (Å²) in [6.07, 6.45) is 10.7. The third kappa shape index (κ3) is 2.33. The van der Waals surface area contributed by atoms with Crippen molar-refractivity contribution in [3.8, 4) is 12.3 Å². The van der Waals surface area contributed by atoms with Crippen LogP contribution in [0.25, 0.3) is 0 Å². The Balaban J connectivity index is 1.83. The Morgan fingerprint density at radius 2 is 2.00 bits per heavy atom. The van der Waals surface area contributed by atoms with E-state index in [0.29, 0.717) is 0 Å². The van der Waals surface area contributed by atoms with Crippen molar-refractivity contribution in [3.63, 3.8) is 0 Å². The molecule has 3 heteroatoms. The number of rotatable bonds is 1. The lowest BCUT2D eigenvalue weighted by Gasteiger charge is -2.16. The van der Waals surface area contributed by atoms with Crippen LogP contribution in [0.15, 0.2) is 17.1 Å². The monoisotopic (exact) mass is 284 g/mol. The van der Waals surface area contributed by atoms with Gasteiger partial charge in [0.05, 0.1) is 5.54 Å². The van der Waals surface area contributed by atoms with Crippen LogP contribution >= 0.6 is 11.8 Å². The number of thioether (sulfide) groups is 1. The first-order valence-corrected chi connectivity index (χ1v) is 8.19. The van der Waals surface area contributed by atoms with Crippen molar-refractivity contribution in [2.75, 3.05) is 11.1 Å². The first kappa shape index (κ1) is 13.6. The van der Waals surface area contributed by atoms with E-state index in [1.165, 1.54) is 36.8 Å². The van der Waals surface area contributed by atoms with E-state index < -0.39 is 0 Å². The molecule has 0 saturated heterocycles. The zero-order valence-corrected chi connectivity index (χ0v) is 12.9. The normalized spacial score (nSPS) is 19.9. The van der Waals surface area contributed by atoms with Crippen LogP contribution in [-0.4, -0.2) is 16.5 Å². The third-order valence-corrected chi connectivity index (χ3v) is 5.68. The summed E-state index contributed by atoms with van der Waals surface area (Å²) in [5, 5.41) is 4.57. The molecule has 1 heterocycles. The molecule has 2 nitrogen and oxygen atoms in total. The van der Waals surface area contributed by atoms with Gasteiger partial charge in [-0.15, -0.1) is 6.42 Å². The Hall–Kier alpha value is -1.40. The maximum absolute atomic E-state index is 5.51. The van der Waals surface area contributed by atoms with Gasteiger partial charge >= 0.3 is 0 Å². The number of nitrogens with zero attached hydrogens (tertiary/aromatic N) is 1. The van der Waals surface area contributed by atoms with Gasteiger partial charge in [-0.25, -0.2) is 0 Å². The number of hydrogen-bond donors (Lipinski definition) is 1. The predicted molar refractivity (Wildman–Crippen MR) is 88.6 cm³/mol. The third-order valence-electron chi connectivity index (χ3n) is 4.53. The Labute approximate surface area is 125 Å². The fourth-order valence-electron chi connectivity index (χ4n) is 3.06. The molecule has 0 amide bonds. The molecule has 20 heavy (non-hydrogen) atoms. The number of hydrogen-bond acceptors (Lipinski definition) is 3. The van der Waals surface area contributed by atoms with Crippen LogP contribution in [0.3, 0.4) is 0 Å². The number of benzene rings is 1. The van der Waals surface area contributed by atoms with Crippen LogP contribution in [0.5, 0.6) is 0 Å². The second kappa shape index (κ2) is 5.18. The number of nitrogens with one attached hydrogen (secondary N) is 1. The maximum Gasteiger partial charge on any atom is 0.161 e. The lowest BCUT2D eigenvalue weighted by molar-refractivity contribution is 0.508. The van der Waals surface area contributed by atoms with Gasteiger partial charge in [-0.05, 0) is 49.9 Å². The minimum atomic E-state index is 0.231. The highest BCUT2D eigenvalue weighted by Crippen LogP contribution is 2.41. The molecule has 0 radical (unpaired) electrons. The van der Waals surface area contributed by atoms with Gasteiger partial charge in [-0.1, -0.05) is 30.5 Å². The lowest BCUT2D eigenvalue weighted by Crippen LogP contribution is -2.21. The summed E-state index contributed by atoms with van der Waals surface area (Å²) < 4.78 is 0. The van der Waals surface area contributed by atoms with Gasteiger partial charge in [0.15, 0.2) is 5.17 Å². The van der Waals surface area contributed by atoms with Crippen LogP contribution < -0.4 is 5.32 Å². The smallest absolute Gasteiger partial charge is 0.161 e. The van der Waals surface area contributed by atoms with Gasteiger partial charge in [-0.2, -0.15) is 0 Å². The van der Waals surface area contributed by atoms with Crippen molar-refractivity contribution in [1.82, 2.24) is 0 Å².